The summed E-state index contributed by atoms with van der Waals surface area (Å²) in [7, 11) is 0. The fraction of sp³-hybridized carbons (Fsp3) is 0.529. The van der Waals surface area contributed by atoms with E-state index in [0.717, 1.165) is 31.4 Å². The lowest BCUT2D eigenvalue weighted by Crippen LogP contribution is -2.32. The van der Waals surface area contributed by atoms with Crippen molar-refractivity contribution in [2.45, 2.75) is 39.7 Å². The van der Waals surface area contributed by atoms with Gasteiger partial charge in [0.25, 0.3) is 0 Å². The Bertz CT molecular complexity index is 494. The lowest BCUT2D eigenvalue weighted by Gasteiger charge is -2.24. The first-order valence-corrected chi connectivity index (χ1v) is 7.51. The van der Waals surface area contributed by atoms with Crippen LogP contribution in [0, 0.1) is 17.2 Å². The van der Waals surface area contributed by atoms with Gasteiger partial charge in [-0.05, 0) is 24.6 Å². The van der Waals surface area contributed by atoms with Gasteiger partial charge in [-0.1, -0.05) is 44.9 Å². The van der Waals surface area contributed by atoms with Gasteiger partial charge in [0.15, 0.2) is 0 Å². The first-order chi connectivity index (χ1) is 10.1. The highest BCUT2D eigenvalue weighted by Gasteiger charge is 2.17. The first kappa shape index (κ1) is 17.2. The summed E-state index contributed by atoms with van der Waals surface area (Å²) in [5.74, 6) is -1.18. The summed E-state index contributed by atoms with van der Waals surface area (Å²) in [6.07, 6.45) is 3.33. The van der Waals surface area contributed by atoms with Crippen LogP contribution in [0.3, 0.4) is 0 Å². The minimum atomic E-state index is -0.774. The van der Waals surface area contributed by atoms with E-state index in [2.05, 4.69) is 17.9 Å². The van der Waals surface area contributed by atoms with Crippen LogP contribution in [-0.4, -0.2) is 29.1 Å². The van der Waals surface area contributed by atoms with Crippen molar-refractivity contribution in [2.24, 2.45) is 5.92 Å². The average Bonchev–Trinajstić information content (AvgIpc) is 2.47. The van der Waals surface area contributed by atoms with Gasteiger partial charge in [-0.25, -0.2) is 0 Å². The predicted octanol–water partition coefficient (Wildman–Crippen LogP) is 3.27. The van der Waals surface area contributed by atoms with Crippen LogP contribution < -0.4 is 0 Å². The minimum Gasteiger partial charge on any atom is -0.481 e. The van der Waals surface area contributed by atoms with Crippen LogP contribution in [0.5, 0.6) is 0 Å². The maximum absolute atomic E-state index is 11.1. The van der Waals surface area contributed by atoms with Crippen molar-refractivity contribution in [3.63, 3.8) is 0 Å². The van der Waals surface area contributed by atoms with Crippen molar-refractivity contribution >= 4 is 5.97 Å². The van der Waals surface area contributed by atoms with Crippen LogP contribution in [0.15, 0.2) is 24.3 Å². The molecule has 0 spiro atoms. The van der Waals surface area contributed by atoms with Crippen LogP contribution in [-0.2, 0) is 11.3 Å². The largest absolute Gasteiger partial charge is 0.481 e. The molecule has 1 unspecified atom stereocenters. The molecular formula is C17H24N2O2. The van der Waals surface area contributed by atoms with Crippen molar-refractivity contribution < 1.29 is 9.90 Å². The molecule has 0 saturated carbocycles. The highest BCUT2D eigenvalue weighted by Crippen LogP contribution is 2.13. The number of nitrogens with zero attached hydrogens (tertiary/aromatic N) is 2. The topological polar surface area (TPSA) is 64.3 Å². The molecule has 0 aliphatic rings. The third kappa shape index (κ3) is 5.97. The van der Waals surface area contributed by atoms with Gasteiger partial charge in [-0.3, -0.25) is 9.69 Å². The van der Waals surface area contributed by atoms with E-state index in [1.807, 2.05) is 18.2 Å². The Labute approximate surface area is 127 Å². The zero-order valence-corrected chi connectivity index (χ0v) is 12.9. The van der Waals surface area contributed by atoms with Gasteiger partial charge >= 0.3 is 5.97 Å². The zero-order chi connectivity index (χ0) is 15.7. The first-order valence-electron chi connectivity index (χ1n) is 7.51. The molecule has 1 atom stereocenters. The van der Waals surface area contributed by atoms with Gasteiger partial charge in [0, 0.05) is 13.1 Å². The molecule has 0 bridgehead atoms. The molecule has 1 rings (SSSR count). The highest BCUT2D eigenvalue weighted by atomic mass is 16.4. The molecule has 0 heterocycles. The van der Waals surface area contributed by atoms with Crippen LogP contribution in [0.25, 0.3) is 0 Å². The summed E-state index contributed by atoms with van der Waals surface area (Å²) < 4.78 is 0. The van der Waals surface area contributed by atoms with Crippen LogP contribution in [0.2, 0.25) is 0 Å². The SMILES string of the molecule is CCCCCN(Cc1ccccc1C#N)CC(C)C(=O)O. The van der Waals surface area contributed by atoms with E-state index in [1.165, 1.54) is 0 Å². The van der Waals surface area contributed by atoms with E-state index in [-0.39, 0.29) is 0 Å². The normalized spacial score (nSPS) is 12.1. The van der Waals surface area contributed by atoms with E-state index < -0.39 is 11.9 Å². The number of aliphatic carboxylic acids is 1. The molecule has 1 aromatic rings. The van der Waals surface area contributed by atoms with Gasteiger partial charge in [0.05, 0.1) is 17.6 Å². The quantitative estimate of drug-likeness (QED) is 0.708. The van der Waals surface area contributed by atoms with Crippen molar-refractivity contribution in [1.29, 1.82) is 5.26 Å². The summed E-state index contributed by atoms with van der Waals surface area (Å²) in [6.45, 7) is 5.88. The van der Waals surface area contributed by atoms with Crippen LogP contribution in [0.1, 0.15) is 44.2 Å². The predicted molar refractivity (Wildman–Crippen MR) is 82.8 cm³/mol. The number of carbonyl (C=O) groups is 1. The third-order valence-electron chi connectivity index (χ3n) is 3.56. The Balaban J connectivity index is 2.75. The number of hydrogen-bond donors (Lipinski definition) is 1. The number of benzene rings is 1. The monoisotopic (exact) mass is 288 g/mol. The molecular weight excluding hydrogens is 264 g/mol. The molecule has 0 aliphatic heterocycles. The molecule has 114 valence electrons. The van der Waals surface area contributed by atoms with E-state index in [4.69, 9.17) is 10.4 Å². The maximum Gasteiger partial charge on any atom is 0.307 e. The lowest BCUT2D eigenvalue weighted by atomic mass is 10.1. The second-order valence-electron chi connectivity index (χ2n) is 5.45. The smallest absolute Gasteiger partial charge is 0.307 e. The van der Waals surface area contributed by atoms with E-state index in [1.54, 1.807) is 13.0 Å². The number of carboxylic acid groups (broad SMARTS) is 1. The fourth-order valence-electron chi connectivity index (χ4n) is 2.29. The minimum absolute atomic E-state index is 0.402. The highest BCUT2D eigenvalue weighted by molar-refractivity contribution is 5.69. The molecule has 0 aromatic heterocycles. The molecule has 0 radical (unpaired) electrons. The van der Waals surface area contributed by atoms with Crippen LogP contribution >= 0.6 is 0 Å². The molecule has 21 heavy (non-hydrogen) atoms. The summed E-state index contributed by atoms with van der Waals surface area (Å²) in [5.41, 5.74) is 1.63. The van der Waals surface area contributed by atoms with Crippen molar-refractivity contribution in [2.75, 3.05) is 13.1 Å². The Hall–Kier alpha value is -1.86. The van der Waals surface area contributed by atoms with Crippen molar-refractivity contribution in [1.82, 2.24) is 4.90 Å². The van der Waals surface area contributed by atoms with Gasteiger partial charge in [-0.2, -0.15) is 5.26 Å². The van der Waals surface area contributed by atoms with E-state index >= 15 is 0 Å². The molecule has 1 aromatic carbocycles. The molecule has 0 fully saturated rings. The third-order valence-corrected chi connectivity index (χ3v) is 3.56. The molecule has 4 nitrogen and oxygen atoms in total. The van der Waals surface area contributed by atoms with Crippen molar-refractivity contribution in [3.05, 3.63) is 35.4 Å². The maximum atomic E-state index is 11.1. The Morgan fingerprint density at radius 3 is 2.71 bits per heavy atom. The van der Waals surface area contributed by atoms with E-state index in [0.29, 0.717) is 18.7 Å². The number of nitriles is 1. The molecule has 4 heteroatoms. The zero-order valence-electron chi connectivity index (χ0n) is 12.9. The fourth-order valence-corrected chi connectivity index (χ4v) is 2.29. The van der Waals surface area contributed by atoms with Gasteiger partial charge in [-0.15, -0.1) is 0 Å². The van der Waals surface area contributed by atoms with Gasteiger partial charge in [0.1, 0.15) is 0 Å². The number of hydrogen-bond acceptors (Lipinski definition) is 3. The summed E-state index contributed by atoms with van der Waals surface area (Å²) in [6, 6.07) is 9.72. The molecule has 0 aliphatic carbocycles. The van der Waals surface area contributed by atoms with Crippen LogP contribution in [0.4, 0.5) is 0 Å². The Kier molecular flexibility index (Phi) is 7.49. The lowest BCUT2D eigenvalue weighted by molar-refractivity contribution is -0.141. The second kappa shape index (κ2) is 9.15. The average molecular weight is 288 g/mol. The number of rotatable bonds is 9. The number of carboxylic acids is 1. The van der Waals surface area contributed by atoms with Crippen molar-refractivity contribution in [3.8, 4) is 6.07 Å². The van der Waals surface area contributed by atoms with E-state index in [9.17, 15) is 4.79 Å². The summed E-state index contributed by atoms with van der Waals surface area (Å²) >= 11 is 0. The number of unbranched alkanes of at least 4 members (excludes halogenated alkanes) is 2. The van der Waals surface area contributed by atoms with Gasteiger partial charge < -0.3 is 5.11 Å². The Morgan fingerprint density at radius 2 is 2.10 bits per heavy atom. The molecule has 0 amide bonds. The standard InChI is InChI=1S/C17H24N2O2/c1-3-4-7-10-19(12-14(2)17(20)21)13-16-9-6-5-8-15(16)11-18/h5-6,8-9,14H,3-4,7,10,12-13H2,1-2H3,(H,20,21). The molecule has 1 N–H and O–H groups in total. The van der Waals surface area contributed by atoms with Gasteiger partial charge in [0.2, 0.25) is 0 Å². The summed E-state index contributed by atoms with van der Waals surface area (Å²) in [4.78, 5) is 13.2. The molecule has 0 saturated heterocycles. The summed E-state index contributed by atoms with van der Waals surface area (Å²) in [5, 5.41) is 18.2. The second-order valence-corrected chi connectivity index (χ2v) is 5.45. The Morgan fingerprint density at radius 1 is 1.38 bits per heavy atom.